The van der Waals surface area contributed by atoms with Crippen molar-refractivity contribution < 1.29 is 9.59 Å². The zero-order valence-corrected chi connectivity index (χ0v) is 17.7. The number of thiophene rings is 2. The zero-order valence-electron chi connectivity index (χ0n) is 16.0. The molecule has 0 radical (unpaired) electrons. The van der Waals surface area contributed by atoms with Gasteiger partial charge in [-0.05, 0) is 30.5 Å². The number of carbonyl (C=O) groups is 2. The molecule has 0 aliphatic carbocycles. The van der Waals surface area contributed by atoms with E-state index in [-0.39, 0.29) is 18.0 Å². The molecule has 0 aliphatic rings. The lowest BCUT2D eigenvalue weighted by Gasteiger charge is -2.11. The normalized spacial score (nSPS) is 10.8. The standard InChI is InChI=1S/C21H18N4O3S2/c1-2-22-19(27)13-6-3-4-7-15(13)24-17(26)10-25-12-23-20-18(21(25)28)14(11-30-20)16-8-5-9-29-16/h3-9,11-12H,2,10H2,1H3,(H,22,27)(H,24,26). The molecule has 0 saturated carbocycles. The first-order chi connectivity index (χ1) is 14.6. The van der Waals surface area contributed by atoms with Crippen LogP contribution in [0.25, 0.3) is 20.7 Å². The van der Waals surface area contributed by atoms with Crippen LogP contribution in [0.3, 0.4) is 0 Å². The van der Waals surface area contributed by atoms with E-state index in [0.29, 0.717) is 28.0 Å². The molecule has 0 aliphatic heterocycles. The number of amides is 2. The molecule has 0 unspecified atom stereocenters. The van der Waals surface area contributed by atoms with Crippen molar-refractivity contribution in [3.63, 3.8) is 0 Å². The fourth-order valence-corrected chi connectivity index (χ4v) is 4.80. The Bertz CT molecular complexity index is 1280. The number of aromatic nitrogens is 2. The van der Waals surface area contributed by atoms with E-state index in [9.17, 15) is 14.4 Å². The molecule has 0 saturated heterocycles. The van der Waals surface area contributed by atoms with E-state index in [0.717, 1.165) is 10.4 Å². The van der Waals surface area contributed by atoms with E-state index >= 15 is 0 Å². The maximum Gasteiger partial charge on any atom is 0.263 e. The minimum atomic E-state index is -0.414. The van der Waals surface area contributed by atoms with Crippen molar-refractivity contribution in [2.45, 2.75) is 13.5 Å². The molecule has 3 heterocycles. The molecule has 3 aromatic heterocycles. The van der Waals surface area contributed by atoms with Crippen molar-refractivity contribution in [1.29, 1.82) is 0 Å². The molecule has 0 fully saturated rings. The minimum absolute atomic E-state index is 0.203. The van der Waals surface area contributed by atoms with Crippen LogP contribution in [0.5, 0.6) is 0 Å². The molecule has 4 aromatic rings. The number of benzene rings is 1. The summed E-state index contributed by atoms with van der Waals surface area (Å²) in [7, 11) is 0. The number of rotatable bonds is 6. The predicted octanol–water partition coefficient (Wildman–Crippen LogP) is 3.57. The monoisotopic (exact) mass is 438 g/mol. The van der Waals surface area contributed by atoms with E-state index in [1.54, 1.807) is 35.6 Å². The van der Waals surface area contributed by atoms with Crippen LogP contribution in [0.2, 0.25) is 0 Å². The predicted molar refractivity (Wildman–Crippen MR) is 120 cm³/mol. The van der Waals surface area contributed by atoms with Crippen molar-refractivity contribution in [1.82, 2.24) is 14.9 Å². The highest BCUT2D eigenvalue weighted by Crippen LogP contribution is 2.33. The van der Waals surface area contributed by atoms with Gasteiger partial charge in [-0.15, -0.1) is 22.7 Å². The van der Waals surface area contributed by atoms with Gasteiger partial charge in [-0.25, -0.2) is 4.98 Å². The summed E-state index contributed by atoms with van der Waals surface area (Å²) in [5.74, 6) is -0.685. The van der Waals surface area contributed by atoms with Crippen LogP contribution in [-0.2, 0) is 11.3 Å². The fraction of sp³-hybridized carbons (Fsp3) is 0.143. The molecule has 7 nitrogen and oxygen atoms in total. The van der Waals surface area contributed by atoms with Crippen LogP contribution < -0.4 is 16.2 Å². The summed E-state index contributed by atoms with van der Waals surface area (Å²) in [6.07, 6.45) is 1.38. The molecule has 0 bridgehead atoms. The van der Waals surface area contributed by atoms with E-state index in [1.807, 2.05) is 29.8 Å². The van der Waals surface area contributed by atoms with Gasteiger partial charge < -0.3 is 10.6 Å². The zero-order chi connectivity index (χ0) is 21.1. The number of hydrogen-bond acceptors (Lipinski definition) is 6. The Hall–Kier alpha value is -3.30. The third kappa shape index (κ3) is 3.89. The highest BCUT2D eigenvalue weighted by Gasteiger charge is 2.16. The average Bonchev–Trinajstić information content (AvgIpc) is 3.40. The lowest BCUT2D eigenvalue weighted by molar-refractivity contribution is -0.116. The largest absolute Gasteiger partial charge is 0.352 e. The van der Waals surface area contributed by atoms with Crippen molar-refractivity contribution in [2.75, 3.05) is 11.9 Å². The highest BCUT2D eigenvalue weighted by atomic mass is 32.1. The van der Waals surface area contributed by atoms with Crippen LogP contribution >= 0.6 is 22.7 Å². The number of hydrogen-bond donors (Lipinski definition) is 2. The second kappa shape index (κ2) is 8.60. The number of para-hydroxylation sites is 1. The maximum atomic E-state index is 13.0. The lowest BCUT2D eigenvalue weighted by atomic mass is 10.1. The molecular weight excluding hydrogens is 420 g/mol. The first-order valence-corrected chi connectivity index (χ1v) is 11.0. The second-order valence-electron chi connectivity index (χ2n) is 6.44. The molecule has 0 spiro atoms. The van der Waals surface area contributed by atoms with Crippen molar-refractivity contribution in [3.05, 3.63) is 69.4 Å². The van der Waals surface area contributed by atoms with Gasteiger partial charge in [-0.1, -0.05) is 18.2 Å². The SMILES string of the molecule is CCNC(=O)c1ccccc1NC(=O)Cn1cnc2scc(-c3cccs3)c2c1=O. The van der Waals surface area contributed by atoms with Crippen LogP contribution in [0.1, 0.15) is 17.3 Å². The topological polar surface area (TPSA) is 93.1 Å². The Morgan fingerprint density at radius 3 is 2.73 bits per heavy atom. The summed E-state index contributed by atoms with van der Waals surface area (Å²) in [4.78, 5) is 43.8. The summed E-state index contributed by atoms with van der Waals surface area (Å²) in [6, 6.07) is 10.6. The molecular formula is C21H18N4O3S2. The lowest BCUT2D eigenvalue weighted by Crippen LogP contribution is -2.29. The Balaban J connectivity index is 1.61. The Kier molecular flexibility index (Phi) is 5.73. The summed E-state index contributed by atoms with van der Waals surface area (Å²) < 4.78 is 1.29. The van der Waals surface area contributed by atoms with Gasteiger partial charge in [0.1, 0.15) is 11.4 Å². The molecule has 1 aromatic carbocycles. The van der Waals surface area contributed by atoms with E-state index in [1.165, 1.54) is 22.2 Å². The van der Waals surface area contributed by atoms with Gasteiger partial charge in [-0.2, -0.15) is 0 Å². The number of nitrogens with one attached hydrogen (secondary N) is 2. The van der Waals surface area contributed by atoms with Gasteiger partial charge in [0, 0.05) is 22.4 Å². The molecule has 9 heteroatoms. The summed E-state index contributed by atoms with van der Waals surface area (Å²) in [6.45, 7) is 2.10. The summed E-state index contributed by atoms with van der Waals surface area (Å²) >= 11 is 2.95. The Labute approximate surface area is 180 Å². The van der Waals surface area contributed by atoms with Crippen LogP contribution in [0.4, 0.5) is 5.69 Å². The number of carbonyl (C=O) groups excluding carboxylic acids is 2. The molecule has 152 valence electrons. The van der Waals surface area contributed by atoms with Gasteiger partial charge >= 0.3 is 0 Å². The smallest absolute Gasteiger partial charge is 0.263 e. The molecule has 2 N–H and O–H groups in total. The number of anilines is 1. The highest BCUT2D eigenvalue weighted by molar-refractivity contribution is 7.18. The Morgan fingerprint density at radius 2 is 1.97 bits per heavy atom. The number of nitrogens with zero attached hydrogens (tertiary/aromatic N) is 2. The van der Waals surface area contributed by atoms with Gasteiger partial charge in [0.15, 0.2) is 0 Å². The fourth-order valence-electron chi connectivity index (χ4n) is 3.08. The average molecular weight is 439 g/mol. The van der Waals surface area contributed by atoms with Gasteiger partial charge in [0.05, 0.1) is 23.0 Å². The second-order valence-corrected chi connectivity index (χ2v) is 8.24. The van der Waals surface area contributed by atoms with Gasteiger partial charge in [0.25, 0.3) is 11.5 Å². The Morgan fingerprint density at radius 1 is 1.13 bits per heavy atom. The van der Waals surface area contributed by atoms with Crippen molar-refractivity contribution >= 4 is 50.4 Å². The van der Waals surface area contributed by atoms with Crippen molar-refractivity contribution in [2.24, 2.45) is 0 Å². The van der Waals surface area contributed by atoms with E-state index in [4.69, 9.17) is 0 Å². The molecule has 0 atom stereocenters. The molecule has 4 rings (SSSR count). The van der Waals surface area contributed by atoms with Crippen LogP contribution in [-0.4, -0.2) is 27.9 Å². The van der Waals surface area contributed by atoms with Crippen LogP contribution in [0, 0.1) is 0 Å². The molecule has 30 heavy (non-hydrogen) atoms. The number of fused-ring (bicyclic) bond motifs is 1. The first kappa shape index (κ1) is 20.0. The summed E-state index contributed by atoms with van der Waals surface area (Å²) in [5, 5.41) is 9.83. The maximum absolute atomic E-state index is 13.0. The van der Waals surface area contributed by atoms with E-state index in [2.05, 4.69) is 15.6 Å². The third-order valence-corrected chi connectivity index (χ3v) is 6.23. The van der Waals surface area contributed by atoms with E-state index < -0.39 is 5.91 Å². The van der Waals surface area contributed by atoms with Gasteiger partial charge in [-0.3, -0.25) is 19.0 Å². The third-order valence-electron chi connectivity index (χ3n) is 4.44. The summed E-state index contributed by atoms with van der Waals surface area (Å²) in [5.41, 5.74) is 1.33. The minimum Gasteiger partial charge on any atom is -0.352 e. The molecule has 2 amide bonds. The quantitative estimate of drug-likeness (QED) is 0.481. The van der Waals surface area contributed by atoms with Crippen molar-refractivity contribution in [3.8, 4) is 10.4 Å². The van der Waals surface area contributed by atoms with Crippen LogP contribution in [0.15, 0.2) is 58.3 Å². The first-order valence-electron chi connectivity index (χ1n) is 9.26. The van der Waals surface area contributed by atoms with Gasteiger partial charge in [0.2, 0.25) is 5.91 Å².